The second kappa shape index (κ2) is 4.82. The van der Waals surface area contributed by atoms with Crippen LogP contribution in [0.5, 0.6) is 5.88 Å². The molecule has 1 N–H and O–H groups in total. The summed E-state index contributed by atoms with van der Waals surface area (Å²) in [5, 5.41) is 20.1. The number of benzene rings is 1. The van der Waals surface area contributed by atoms with E-state index in [0.29, 0.717) is 10.1 Å². The van der Waals surface area contributed by atoms with Gasteiger partial charge < -0.3 is 9.84 Å². The van der Waals surface area contributed by atoms with Crippen LogP contribution in [0.25, 0.3) is 10.1 Å². The van der Waals surface area contributed by atoms with E-state index >= 15 is 0 Å². The predicted molar refractivity (Wildman–Crippen MR) is 63.9 cm³/mol. The summed E-state index contributed by atoms with van der Waals surface area (Å²) in [5.74, 6) is 0.277. The molecule has 0 aliphatic heterocycles. The van der Waals surface area contributed by atoms with Crippen LogP contribution in [0.3, 0.4) is 0 Å². The van der Waals surface area contributed by atoms with Gasteiger partial charge in [-0.05, 0) is 23.7 Å². The zero-order chi connectivity index (χ0) is 12.4. The lowest BCUT2D eigenvalue weighted by molar-refractivity contribution is -0.382. The number of nitrogens with zero attached hydrogens (tertiary/aromatic N) is 2. The molecule has 0 fully saturated rings. The molecule has 1 aromatic carbocycles. The number of nitro benzene ring substituents is 1. The van der Waals surface area contributed by atoms with E-state index in [0.717, 1.165) is 11.5 Å². The second-order valence-electron chi connectivity index (χ2n) is 3.09. The van der Waals surface area contributed by atoms with Crippen molar-refractivity contribution >= 4 is 38.9 Å². The van der Waals surface area contributed by atoms with Crippen molar-refractivity contribution in [2.45, 2.75) is 0 Å². The van der Waals surface area contributed by atoms with E-state index in [1.165, 1.54) is 6.07 Å². The smallest absolute Gasteiger partial charge is 0.307 e. The highest BCUT2D eigenvalue weighted by atomic mass is 35.5. The number of aliphatic hydroxyl groups excluding tert-OH is 1. The van der Waals surface area contributed by atoms with E-state index in [2.05, 4.69) is 4.37 Å². The summed E-state index contributed by atoms with van der Waals surface area (Å²) in [6.07, 6.45) is 0. The van der Waals surface area contributed by atoms with Crippen molar-refractivity contribution < 1.29 is 14.8 Å². The van der Waals surface area contributed by atoms with Crippen LogP contribution in [0, 0.1) is 10.1 Å². The van der Waals surface area contributed by atoms with Gasteiger partial charge in [0.1, 0.15) is 16.3 Å². The van der Waals surface area contributed by atoms with Crippen molar-refractivity contribution in [1.82, 2.24) is 4.37 Å². The Hall–Kier alpha value is -1.44. The van der Waals surface area contributed by atoms with Crippen LogP contribution < -0.4 is 4.74 Å². The Kier molecular flexibility index (Phi) is 3.41. The van der Waals surface area contributed by atoms with Gasteiger partial charge in [0, 0.05) is 0 Å². The Bertz CT molecular complexity index is 571. The third kappa shape index (κ3) is 2.17. The lowest BCUT2D eigenvalue weighted by atomic mass is 10.2. The normalized spacial score (nSPS) is 10.7. The van der Waals surface area contributed by atoms with Crippen LogP contribution in [0.15, 0.2) is 12.1 Å². The summed E-state index contributed by atoms with van der Waals surface area (Å²) >= 11 is 6.72. The lowest BCUT2D eigenvalue weighted by Gasteiger charge is -2.00. The van der Waals surface area contributed by atoms with Gasteiger partial charge in [-0.3, -0.25) is 10.1 Å². The quantitative estimate of drug-likeness (QED) is 0.682. The fourth-order valence-electron chi connectivity index (χ4n) is 1.36. The molecule has 8 heteroatoms. The maximum Gasteiger partial charge on any atom is 0.307 e. The highest BCUT2D eigenvalue weighted by Gasteiger charge is 2.22. The fraction of sp³-hybridized carbons (Fsp3) is 0.222. The Balaban J connectivity index is 2.56. The van der Waals surface area contributed by atoms with Gasteiger partial charge in [-0.2, -0.15) is 4.37 Å². The van der Waals surface area contributed by atoms with Crippen LogP contribution in [0.1, 0.15) is 0 Å². The molecule has 0 aliphatic carbocycles. The first-order valence-corrected chi connectivity index (χ1v) is 5.76. The molecule has 1 heterocycles. The van der Waals surface area contributed by atoms with E-state index in [-0.39, 0.29) is 29.8 Å². The Morgan fingerprint density at radius 2 is 2.35 bits per heavy atom. The van der Waals surface area contributed by atoms with Crippen LogP contribution in [0.4, 0.5) is 5.69 Å². The Morgan fingerprint density at radius 1 is 1.59 bits per heavy atom. The summed E-state index contributed by atoms with van der Waals surface area (Å²) in [5.41, 5.74) is -0.166. The van der Waals surface area contributed by atoms with Crippen LogP contribution >= 0.6 is 23.1 Å². The molecule has 0 aliphatic rings. The highest BCUT2D eigenvalue weighted by molar-refractivity contribution is 7.14. The molecule has 0 unspecified atom stereocenters. The average Bonchev–Trinajstić information content (AvgIpc) is 2.68. The first-order valence-electron chi connectivity index (χ1n) is 4.61. The molecular weight excluding hydrogens is 268 g/mol. The molecular formula is C9H7ClN2O4S. The summed E-state index contributed by atoms with van der Waals surface area (Å²) < 4.78 is 9.50. The Labute approximate surface area is 105 Å². The number of hydrogen-bond acceptors (Lipinski definition) is 6. The van der Waals surface area contributed by atoms with Crippen LogP contribution in [-0.4, -0.2) is 27.6 Å². The SMILES string of the molecule is O=[N+]([O-])c1c(Cl)ccc2c(OCCO)nsc12. The number of rotatable bonds is 4. The second-order valence-corrected chi connectivity index (χ2v) is 4.27. The zero-order valence-corrected chi connectivity index (χ0v) is 9.99. The molecule has 0 amide bonds. The minimum absolute atomic E-state index is 0.0693. The zero-order valence-electron chi connectivity index (χ0n) is 8.42. The van der Waals surface area contributed by atoms with E-state index < -0.39 is 4.92 Å². The molecule has 0 spiro atoms. The molecule has 0 radical (unpaired) electrons. The van der Waals surface area contributed by atoms with E-state index in [4.69, 9.17) is 21.4 Å². The molecule has 0 bridgehead atoms. The van der Waals surface area contributed by atoms with Gasteiger partial charge in [0.2, 0.25) is 5.88 Å². The third-order valence-corrected chi connectivity index (χ3v) is 3.20. The molecule has 2 rings (SSSR count). The number of aliphatic hydroxyl groups is 1. The summed E-state index contributed by atoms with van der Waals surface area (Å²) in [6.45, 7) is -0.0516. The predicted octanol–water partition coefficient (Wildman–Crippen LogP) is 2.23. The Morgan fingerprint density at radius 3 is 3.00 bits per heavy atom. The standard InChI is InChI=1S/C9H7ClN2O4S/c10-6-2-1-5-8(7(6)12(14)15)17-11-9(5)16-4-3-13/h1-2,13H,3-4H2. The summed E-state index contributed by atoms with van der Waals surface area (Å²) in [6, 6.07) is 3.04. The molecule has 90 valence electrons. The number of aromatic nitrogens is 1. The largest absolute Gasteiger partial charge is 0.474 e. The van der Waals surface area contributed by atoms with Crippen LogP contribution in [0.2, 0.25) is 5.02 Å². The summed E-state index contributed by atoms with van der Waals surface area (Å²) in [7, 11) is 0. The fourth-order valence-corrected chi connectivity index (χ4v) is 2.49. The number of nitro groups is 1. The number of ether oxygens (including phenoxy) is 1. The van der Waals surface area contributed by atoms with Crippen LogP contribution in [-0.2, 0) is 0 Å². The molecule has 0 saturated heterocycles. The number of hydrogen-bond donors (Lipinski definition) is 1. The van der Waals surface area contributed by atoms with Gasteiger partial charge in [0.15, 0.2) is 0 Å². The van der Waals surface area contributed by atoms with Crippen molar-refractivity contribution in [3.63, 3.8) is 0 Å². The minimum Gasteiger partial charge on any atom is -0.474 e. The maximum absolute atomic E-state index is 10.9. The van der Waals surface area contributed by atoms with E-state index in [9.17, 15) is 10.1 Å². The first-order chi connectivity index (χ1) is 8.15. The van der Waals surface area contributed by atoms with Crippen molar-refractivity contribution in [2.24, 2.45) is 0 Å². The summed E-state index contributed by atoms with van der Waals surface area (Å²) in [4.78, 5) is 10.3. The first kappa shape index (κ1) is 12.0. The number of fused-ring (bicyclic) bond motifs is 1. The number of halogens is 1. The molecule has 2 aromatic rings. The topological polar surface area (TPSA) is 85.5 Å². The van der Waals surface area contributed by atoms with Gasteiger partial charge in [-0.15, -0.1) is 0 Å². The molecule has 17 heavy (non-hydrogen) atoms. The van der Waals surface area contributed by atoms with Gasteiger partial charge >= 0.3 is 5.69 Å². The molecule has 0 atom stereocenters. The molecule has 0 saturated carbocycles. The average molecular weight is 275 g/mol. The van der Waals surface area contributed by atoms with E-state index in [1.54, 1.807) is 6.07 Å². The van der Waals surface area contributed by atoms with Crippen molar-refractivity contribution in [2.75, 3.05) is 13.2 Å². The van der Waals surface area contributed by atoms with Crippen molar-refractivity contribution in [1.29, 1.82) is 0 Å². The monoisotopic (exact) mass is 274 g/mol. The van der Waals surface area contributed by atoms with Gasteiger partial charge in [0.25, 0.3) is 0 Å². The van der Waals surface area contributed by atoms with Gasteiger partial charge in [-0.1, -0.05) is 11.6 Å². The maximum atomic E-state index is 10.9. The lowest BCUT2D eigenvalue weighted by Crippen LogP contribution is -2.01. The minimum atomic E-state index is -0.543. The van der Waals surface area contributed by atoms with Gasteiger partial charge in [0.05, 0.1) is 16.9 Å². The van der Waals surface area contributed by atoms with E-state index in [1.807, 2.05) is 0 Å². The van der Waals surface area contributed by atoms with Crippen molar-refractivity contribution in [3.05, 3.63) is 27.3 Å². The van der Waals surface area contributed by atoms with Crippen molar-refractivity contribution in [3.8, 4) is 5.88 Å². The third-order valence-electron chi connectivity index (χ3n) is 2.05. The molecule has 1 aromatic heterocycles. The highest BCUT2D eigenvalue weighted by Crippen LogP contribution is 2.39. The molecule has 6 nitrogen and oxygen atoms in total. The van der Waals surface area contributed by atoms with Gasteiger partial charge in [-0.25, -0.2) is 0 Å².